The summed E-state index contributed by atoms with van der Waals surface area (Å²) in [5, 5.41) is 14.5. The fourth-order valence-electron chi connectivity index (χ4n) is 3.47. The number of thiazole rings is 1. The quantitative estimate of drug-likeness (QED) is 0.180. The van der Waals surface area contributed by atoms with Crippen LogP contribution in [0.25, 0.3) is 0 Å². The maximum Gasteiger partial charge on any atom is 0.276 e. The van der Waals surface area contributed by atoms with Crippen molar-refractivity contribution in [3.05, 3.63) is 52.6 Å². The van der Waals surface area contributed by atoms with Gasteiger partial charge in [-0.05, 0) is 25.0 Å². The molecule has 0 saturated carbocycles. The number of rotatable bonds is 9. The SMILES string of the molecule is C#CCSc1nnc(NC(=O)c2csc(C3CCN(C(=O)c4cccnc4SCC=C)CC3)n2)s1. The molecule has 3 aromatic rings. The molecule has 1 fully saturated rings. The van der Waals surface area contributed by atoms with E-state index in [2.05, 4.69) is 38.0 Å². The largest absolute Gasteiger partial charge is 0.339 e. The Hall–Kier alpha value is -2.72. The lowest BCUT2D eigenvalue weighted by molar-refractivity contribution is 0.0708. The monoisotopic (exact) mass is 542 g/mol. The van der Waals surface area contributed by atoms with Crippen LogP contribution in [-0.2, 0) is 0 Å². The number of carbonyl (C=O) groups excluding carboxylic acids is 2. The Labute approximate surface area is 220 Å². The fraction of sp³-hybridized carbons (Fsp3) is 0.304. The zero-order valence-electron chi connectivity index (χ0n) is 18.7. The van der Waals surface area contributed by atoms with Gasteiger partial charge in [-0.1, -0.05) is 35.1 Å². The summed E-state index contributed by atoms with van der Waals surface area (Å²) in [5.41, 5.74) is 0.985. The van der Waals surface area contributed by atoms with E-state index in [9.17, 15) is 9.59 Å². The van der Waals surface area contributed by atoms with Crippen LogP contribution in [0.3, 0.4) is 0 Å². The van der Waals surface area contributed by atoms with Crippen LogP contribution >= 0.6 is 46.2 Å². The molecule has 0 atom stereocenters. The van der Waals surface area contributed by atoms with Crippen LogP contribution in [-0.4, -0.2) is 61.5 Å². The summed E-state index contributed by atoms with van der Waals surface area (Å²) in [6.07, 6.45) is 10.3. The van der Waals surface area contributed by atoms with Crippen LogP contribution in [0.15, 0.2) is 45.7 Å². The number of hydrogen-bond donors (Lipinski definition) is 1. The van der Waals surface area contributed by atoms with Gasteiger partial charge in [-0.2, -0.15) is 0 Å². The Morgan fingerprint density at radius 3 is 2.91 bits per heavy atom. The van der Waals surface area contributed by atoms with Gasteiger partial charge in [-0.15, -0.1) is 46.3 Å². The van der Waals surface area contributed by atoms with Gasteiger partial charge < -0.3 is 4.90 Å². The number of pyridine rings is 1. The lowest BCUT2D eigenvalue weighted by atomic mass is 9.97. The van der Waals surface area contributed by atoms with E-state index in [1.54, 1.807) is 23.7 Å². The van der Waals surface area contributed by atoms with Crippen molar-refractivity contribution in [2.24, 2.45) is 0 Å². The average molecular weight is 543 g/mol. The highest BCUT2D eigenvalue weighted by Gasteiger charge is 2.28. The number of likely N-dealkylation sites (tertiary alicyclic amines) is 1. The Morgan fingerprint density at radius 2 is 2.14 bits per heavy atom. The molecule has 12 heteroatoms. The molecule has 35 heavy (non-hydrogen) atoms. The van der Waals surface area contributed by atoms with Crippen molar-refractivity contribution in [1.29, 1.82) is 0 Å². The Morgan fingerprint density at radius 1 is 1.31 bits per heavy atom. The lowest BCUT2D eigenvalue weighted by Crippen LogP contribution is -2.38. The van der Waals surface area contributed by atoms with Crippen molar-refractivity contribution in [1.82, 2.24) is 25.1 Å². The standard InChI is InChI=1S/C23H22N6O2S4/c1-3-12-32-20-16(6-5-9-24-20)21(31)29-10-7-15(8-11-29)19-25-17(14-34-19)18(30)26-22-27-28-23(35-22)33-13-4-2/h2-3,5-6,9,14-15H,1,7-8,10-13H2,(H,26,27,30). The molecule has 1 saturated heterocycles. The molecule has 0 aromatic carbocycles. The van der Waals surface area contributed by atoms with Crippen LogP contribution in [0, 0.1) is 12.3 Å². The number of aromatic nitrogens is 4. The molecule has 3 aromatic heterocycles. The first-order valence-electron chi connectivity index (χ1n) is 10.7. The van der Waals surface area contributed by atoms with E-state index < -0.39 is 0 Å². The van der Waals surface area contributed by atoms with Crippen LogP contribution in [0.1, 0.15) is 44.6 Å². The summed E-state index contributed by atoms with van der Waals surface area (Å²) < 4.78 is 0.705. The summed E-state index contributed by atoms with van der Waals surface area (Å²) in [6, 6.07) is 3.62. The average Bonchev–Trinajstić information content (AvgIpc) is 3.56. The van der Waals surface area contributed by atoms with Gasteiger partial charge in [0.25, 0.3) is 11.8 Å². The second kappa shape index (κ2) is 12.3. The minimum Gasteiger partial charge on any atom is -0.339 e. The normalized spacial score (nSPS) is 13.9. The second-order valence-corrected chi connectivity index (χ2v) is 11.5. The topological polar surface area (TPSA) is 101 Å². The number of thioether (sulfide) groups is 2. The van der Waals surface area contributed by atoms with E-state index in [1.807, 2.05) is 11.0 Å². The molecule has 1 N–H and O–H groups in total. The van der Waals surface area contributed by atoms with Crippen molar-refractivity contribution >= 4 is 63.1 Å². The summed E-state index contributed by atoms with van der Waals surface area (Å²) in [7, 11) is 0. The third-order valence-corrected chi connectivity index (χ3v) is 9.02. The third kappa shape index (κ3) is 6.49. The van der Waals surface area contributed by atoms with Gasteiger partial charge in [0.05, 0.1) is 16.3 Å². The first kappa shape index (κ1) is 25.4. The van der Waals surface area contributed by atoms with Crippen LogP contribution < -0.4 is 5.32 Å². The van der Waals surface area contributed by atoms with Gasteiger partial charge >= 0.3 is 0 Å². The van der Waals surface area contributed by atoms with E-state index >= 15 is 0 Å². The van der Waals surface area contributed by atoms with Crippen molar-refractivity contribution in [3.8, 4) is 12.3 Å². The van der Waals surface area contributed by atoms with Gasteiger partial charge in [-0.3, -0.25) is 14.9 Å². The van der Waals surface area contributed by atoms with Crippen molar-refractivity contribution in [2.75, 3.05) is 29.9 Å². The van der Waals surface area contributed by atoms with Crippen molar-refractivity contribution in [3.63, 3.8) is 0 Å². The van der Waals surface area contributed by atoms with Crippen LogP contribution in [0.2, 0.25) is 0 Å². The molecule has 4 heterocycles. The highest BCUT2D eigenvalue weighted by Crippen LogP contribution is 2.32. The zero-order valence-corrected chi connectivity index (χ0v) is 21.9. The Bertz CT molecular complexity index is 1240. The number of hydrogen-bond acceptors (Lipinski definition) is 10. The summed E-state index contributed by atoms with van der Waals surface area (Å²) in [5.74, 6) is 3.62. The van der Waals surface area contributed by atoms with Crippen molar-refractivity contribution < 1.29 is 9.59 Å². The molecule has 0 radical (unpaired) electrons. The second-order valence-electron chi connectivity index (χ2n) is 7.41. The van der Waals surface area contributed by atoms with Gasteiger partial charge in [0.1, 0.15) is 10.7 Å². The molecule has 4 rings (SSSR count). The fourth-order valence-corrected chi connectivity index (χ4v) is 6.59. The number of carbonyl (C=O) groups is 2. The molecule has 2 amide bonds. The molecule has 0 bridgehead atoms. The van der Waals surface area contributed by atoms with E-state index in [0.717, 1.165) is 22.9 Å². The van der Waals surface area contributed by atoms with E-state index in [0.29, 0.717) is 45.3 Å². The summed E-state index contributed by atoms with van der Waals surface area (Å²) >= 11 is 5.66. The first-order chi connectivity index (χ1) is 17.1. The molecule has 0 aliphatic carbocycles. The first-order valence-corrected chi connectivity index (χ1v) is 14.4. The molecular formula is C23H22N6O2S4. The highest BCUT2D eigenvalue weighted by atomic mass is 32.2. The lowest BCUT2D eigenvalue weighted by Gasteiger charge is -2.31. The molecular weight excluding hydrogens is 521 g/mol. The zero-order chi connectivity index (χ0) is 24.6. The van der Waals surface area contributed by atoms with E-state index in [1.165, 1.54) is 46.2 Å². The maximum atomic E-state index is 13.1. The van der Waals surface area contributed by atoms with Crippen LogP contribution in [0.4, 0.5) is 5.13 Å². The predicted octanol–water partition coefficient (Wildman–Crippen LogP) is 4.67. The Balaban J connectivity index is 1.33. The molecule has 1 aliphatic rings. The predicted molar refractivity (Wildman–Crippen MR) is 143 cm³/mol. The number of piperidine rings is 1. The van der Waals surface area contributed by atoms with E-state index in [-0.39, 0.29) is 17.7 Å². The van der Waals surface area contributed by atoms with Crippen LogP contribution in [0.5, 0.6) is 0 Å². The van der Waals surface area contributed by atoms with Gasteiger partial charge in [0.2, 0.25) is 5.13 Å². The summed E-state index contributed by atoms with van der Waals surface area (Å²) in [4.78, 5) is 36.5. The van der Waals surface area contributed by atoms with Gasteiger partial charge in [-0.25, -0.2) is 9.97 Å². The molecule has 1 aliphatic heterocycles. The molecule has 180 valence electrons. The number of nitrogens with zero attached hydrogens (tertiary/aromatic N) is 5. The molecule has 0 unspecified atom stereocenters. The van der Waals surface area contributed by atoms with Crippen molar-refractivity contribution in [2.45, 2.75) is 28.1 Å². The highest BCUT2D eigenvalue weighted by molar-refractivity contribution is 8.01. The molecule has 8 nitrogen and oxygen atoms in total. The maximum absolute atomic E-state index is 13.1. The number of terminal acetylenes is 1. The van der Waals surface area contributed by atoms with Gasteiger partial charge in [0, 0.05) is 36.3 Å². The number of nitrogens with one attached hydrogen (secondary N) is 1. The number of anilines is 1. The minimum absolute atomic E-state index is 0.000786. The third-order valence-electron chi connectivity index (χ3n) is 5.13. The number of amides is 2. The molecule has 0 spiro atoms. The van der Waals surface area contributed by atoms with E-state index in [4.69, 9.17) is 6.42 Å². The summed E-state index contributed by atoms with van der Waals surface area (Å²) in [6.45, 7) is 5.00. The smallest absolute Gasteiger partial charge is 0.276 e. The minimum atomic E-state index is -0.314. The van der Waals surface area contributed by atoms with Gasteiger partial charge in [0.15, 0.2) is 4.34 Å². The Kier molecular flexibility index (Phi) is 8.92.